The van der Waals surface area contributed by atoms with Gasteiger partial charge >= 0.3 is 0 Å². The molecule has 1 unspecified atom stereocenters. The number of benzene rings is 1. The summed E-state index contributed by atoms with van der Waals surface area (Å²) in [6.07, 6.45) is 2.32. The molecular formula is C12H13ClN2O. The number of halogens is 1. The van der Waals surface area contributed by atoms with Crippen molar-refractivity contribution in [3.63, 3.8) is 0 Å². The predicted octanol–water partition coefficient (Wildman–Crippen LogP) is 2.74. The van der Waals surface area contributed by atoms with E-state index in [1.54, 1.807) is 18.3 Å². The maximum absolute atomic E-state index is 12.0. The van der Waals surface area contributed by atoms with Gasteiger partial charge in [-0.05, 0) is 24.6 Å². The highest BCUT2D eigenvalue weighted by atomic mass is 35.5. The Bertz CT molecular complexity index is 533. The highest BCUT2D eigenvalue weighted by molar-refractivity contribution is 6.31. The highest BCUT2D eigenvalue weighted by Gasteiger charge is 2.17. The van der Waals surface area contributed by atoms with Crippen molar-refractivity contribution in [2.45, 2.75) is 19.4 Å². The minimum absolute atomic E-state index is 0.0454. The van der Waals surface area contributed by atoms with E-state index in [-0.39, 0.29) is 5.78 Å². The molecule has 16 heavy (non-hydrogen) atoms. The van der Waals surface area contributed by atoms with Gasteiger partial charge in [0.1, 0.15) is 0 Å². The number of aromatic nitrogens is 1. The van der Waals surface area contributed by atoms with E-state index < -0.39 is 6.04 Å². The number of nitrogens with one attached hydrogen (secondary N) is 1. The van der Waals surface area contributed by atoms with Gasteiger partial charge in [-0.3, -0.25) is 4.79 Å². The van der Waals surface area contributed by atoms with Crippen molar-refractivity contribution in [1.29, 1.82) is 0 Å². The van der Waals surface area contributed by atoms with Crippen LogP contribution < -0.4 is 5.73 Å². The summed E-state index contributed by atoms with van der Waals surface area (Å²) in [5, 5.41) is 1.45. The number of hydrogen-bond acceptors (Lipinski definition) is 2. The number of fused-ring (bicyclic) bond motifs is 1. The molecule has 0 radical (unpaired) electrons. The molecule has 4 heteroatoms. The first-order valence-corrected chi connectivity index (χ1v) is 5.57. The molecule has 0 saturated carbocycles. The second kappa shape index (κ2) is 4.28. The third kappa shape index (κ3) is 1.84. The van der Waals surface area contributed by atoms with Crippen molar-refractivity contribution < 1.29 is 4.79 Å². The average molecular weight is 237 g/mol. The molecule has 84 valence electrons. The van der Waals surface area contributed by atoms with Crippen LogP contribution in [0.1, 0.15) is 23.7 Å². The number of carbonyl (C=O) groups excluding carboxylic acids is 1. The fourth-order valence-corrected chi connectivity index (χ4v) is 1.85. The van der Waals surface area contributed by atoms with Crippen molar-refractivity contribution in [2.75, 3.05) is 0 Å². The number of nitrogens with two attached hydrogens (primary N) is 1. The fraction of sp³-hybridized carbons (Fsp3) is 0.250. The lowest BCUT2D eigenvalue weighted by atomic mass is 10.0. The smallest absolute Gasteiger partial charge is 0.181 e. The average Bonchev–Trinajstić information content (AvgIpc) is 2.69. The van der Waals surface area contributed by atoms with Crippen LogP contribution in [-0.2, 0) is 0 Å². The molecule has 2 rings (SSSR count). The standard InChI is InChI=1S/C12H13ClN2O/c1-2-10(14)12(16)9-6-15-11-4-3-7(13)5-8(9)11/h3-6,10,15H,2,14H2,1H3. The molecule has 1 aromatic carbocycles. The van der Waals surface area contributed by atoms with Crippen molar-refractivity contribution in [2.24, 2.45) is 5.73 Å². The van der Waals surface area contributed by atoms with Crippen molar-refractivity contribution >= 4 is 28.3 Å². The van der Waals surface area contributed by atoms with Gasteiger partial charge in [0.05, 0.1) is 6.04 Å². The normalized spacial score (nSPS) is 12.9. The van der Waals surface area contributed by atoms with Gasteiger partial charge in [0.15, 0.2) is 5.78 Å². The summed E-state index contributed by atoms with van der Waals surface area (Å²) >= 11 is 5.91. The highest BCUT2D eigenvalue weighted by Crippen LogP contribution is 2.23. The Labute approximate surface area is 98.6 Å². The first-order chi connectivity index (χ1) is 7.63. The molecule has 0 aliphatic carbocycles. The zero-order valence-corrected chi connectivity index (χ0v) is 9.71. The van der Waals surface area contributed by atoms with Gasteiger partial charge in [-0.1, -0.05) is 18.5 Å². The lowest BCUT2D eigenvalue weighted by Gasteiger charge is -2.06. The first kappa shape index (κ1) is 11.2. The lowest BCUT2D eigenvalue weighted by Crippen LogP contribution is -2.29. The maximum Gasteiger partial charge on any atom is 0.181 e. The Morgan fingerprint density at radius 1 is 1.56 bits per heavy atom. The molecule has 0 fully saturated rings. The number of ketones is 1. The van der Waals surface area contributed by atoms with E-state index in [9.17, 15) is 4.79 Å². The molecule has 1 aromatic heterocycles. The van der Waals surface area contributed by atoms with Crippen LogP contribution in [0, 0.1) is 0 Å². The Balaban J connectivity index is 2.53. The monoisotopic (exact) mass is 236 g/mol. The quantitative estimate of drug-likeness (QED) is 0.805. The van der Waals surface area contributed by atoms with Crippen LogP contribution in [0.25, 0.3) is 10.9 Å². The van der Waals surface area contributed by atoms with E-state index in [0.29, 0.717) is 17.0 Å². The van der Waals surface area contributed by atoms with Gasteiger partial charge in [0.2, 0.25) is 0 Å². The van der Waals surface area contributed by atoms with Crippen molar-refractivity contribution in [1.82, 2.24) is 4.98 Å². The molecule has 3 nitrogen and oxygen atoms in total. The molecule has 3 N–H and O–H groups in total. The van der Waals surface area contributed by atoms with E-state index in [1.807, 2.05) is 13.0 Å². The largest absolute Gasteiger partial charge is 0.360 e. The number of H-pyrrole nitrogens is 1. The number of rotatable bonds is 3. The van der Waals surface area contributed by atoms with Crippen LogP contribution in [0.15, 0.2) is 24.4 Å². The second-order valence-corrected chi connectivity index (χ2v) is 4.21. The molecule has 2 aromatic rings. The summed E-state index contributed by atoms with van der Waals surface area (Å²) in [5.74, 6) is -0.0454. The zero-order chi connectivity index (χ0) is 11.7. The summed E-state index contributed by atoms with van der Waals surface area (Å²) in [7, 11) is 0. The first-order valence-electron chi connectivity index (χ1n) is 5.20. The molecule has 1 heterocycles. The molecule has 0 amide bonds. The SMILES string of the molecule is CCC(N)C(=O)c1c[nH]c2ccc(Cl)cc12. The number of Topliss-reactive ketones (excluding diaryl/α,β-unsaturated/α-hetero) is 1. The summed E-state index contributed by atoms with van der Waals surface area (Å²) in [5.41, 5.74) is 7.26. The molecule has 1 atom stereocenters. The molecule has 0 spiro atoms. The third-order valence-corrected chi connectivity index (χ3v) is 2.92. The Kier molecular flexibility index (Phi) is 2.99. The van der Waals surface area contributed by atoms with Crippen LogP contribution >= 0.6 is 11.6 Å². The summed E-state index contributed by atoms with van der Waals surface area (Å²) in [6, 6.07) is 4.97. The minimum atomic E-state index is -0.446. The second-order valence-electron chi connectivity index (χ2n) is 3.77. The van der Waals surface area contributed by atoms with Crippen LogP contribution in [0.2, 0.25) is 5.02 Å². The molecule has 0 aliphatic heterocycles. The van der Waals surface area contributed by atoms with Crippen molar-refractivity contribution in [3.8, 4) is 0 Å². The number of hydrogen-bond donors (Lipinski definition) is 2. The van der Waals surface area contributed by atoms with Crippen LogP contribution in [0.4, 0.5) is 0 Å². The third-order valence-electron chi connectivity index (χ3n) is 2.69. The van der Waals surface area contributed by atoms with Gasteiger partial charge in [-0.15, -0.1) is 0 Å². The summed E-state index contributed by atoms with van der Waals surface area (Å²) in [6.45, 7) is 1.89. The van der Waals surface area contributed by atoms with Crippen LogP contribution in [-0.4, -0.2) is 16.8 Å². The van der Waals surface area contributed by atoms with Gasteiger partial charge < -0.3 is 10.7 Å². The summed E-state index contributed by atoms with van der Waals surface area (Å²) in [4.78, 5) is 15.0. The minimum Gasteiger partial charge on any atom is -0.360 e. The van der Waals surface area contributed by atoms with Crippen LogP contribution in [0.5, 0.6) is 0 Å². The van der Waals surface area contributed by atoms with Crippen LogP contribution in [0.3, 0.4) is 0 Å². The van der Waals surface area contributed by atoms with E-state index >= 15 is 0 Å². The van der Waals surface area contributed by atoms with Crippen molar-refractivity contribution in [3.05, 3.63) is 35.0 Å². The Morgan fingerprint density at radius 3 is 3.00 bits per heavy atom. The van der Waals surface area contributed by atoms with Gasteiger partial charge in [0, 0.05) is 27.7 Å². The number of carbonyl (C=O) groups is 1. The van der Waals surface area contributed by atoms with E-state index in [1.165, 1.54) is 0 Å². The Hall–Kier alpha value is -1.32. The summed E-state index contributed by atoms with van der Waals surface area (Å²) < 4.78 is 0. The van der Waals surface area contributed by atoms with Gasteiger partial charge in [0.25, 0.3) is 0 Å². The molecule has 0 bridgehead atoms. The lowest BCUT2D eigenvalue weighted by molar-refractivity contribution is 0.0961. The fourth-order valence-electron chi connectivity index (χ4n) is 1.68. The topological polar surface area (TPSA) is 58.9 Å². The molecule has 0 saturated heterocycles. The van der Waals surface area contributed by atoms with E-state index in [0.717, 1.165) is 10.9 Å². The van der Waals surface area contributed by atoms with E-state index in [2.05, 4.69) is 4.98 Å². The predicted molar refractivity (Wildman–Crippen MR) is 65.9 cm³/mol. The number of aromatic amines is 1. The van der Waals surface area contributed by atoms with Gasteiger partial charge in [-0.25, -0.2) is 0 Å². The van der Waals surface area contributed by atoms with E-state index in [4.69, 9.17) is 17.3 Å². The molecular weight excluding hydrogens is 224 g/mol. The Morgan fingerprint density at radius 2 is 2.31 bits per heavy atom. The van der Waals surface area contributed by atoms with Gasteiger partial charge in [-0.2, -0.15) is 0 Å². The zero-order valence-electron chi connectivity index (χ0n) is 8.96. The molecule has 0 aliphatic rings. The maximum atomic E-state index is 12.0.